The zero-order valence-electron chi connectivity index (χ0n) is 82.1. The van der Waals surface area contributed by atoms with E-state index in [1.54, 1.807) is 98.9 Å². The molecule has 3 saturated heterocycles. The van der Waals surface area contributed by atoms with Gasteiger partial charge in [0.15, 0.2) is 6.29 Å². The summed E-state index contributed by atoms with van der Waals surface area (Å²) in [6, 6.07) is 14.6. The van der Waals surface area contributed by atoms with Crippen LogP contribution in [0.25, 0.3) is 33.1 Å². The number of amides is 2. The second-order valence-electron chi connectivity index (χ2n) is 38.0. The first-order valence-corrected chi connectivity index (χ1v) is 47.7. The number of pyridine rings is 3. The Morgan fingerprint density at radius 3 is 1.22 bits per heavy atom. The molecule has 10 heterocycles. The van der Waals surface area contributed by atoms with Gasteiger partial charge in [0.2, 0.25) is 10.0 Å². The van der Waals surface area contributed by atoms with Gasteiger partial charge < -0.3 is 50.4 Å². The number of benzene rings is 3. The molecule has 10 aromatic rings. The van der Waals surface area contributed by atoms with Crippen LogP contribution in [-0.4, -0.2) is 183 Å². The van der Waals surface area contributed by atoms with Gasteiger partial charge in [0, 0.05) is 129 Å². The molecule has 44 heteroatoms. The maximum atomic E-state index is 14.7. The van der Waals surface area contributed by atoms with E-state index in [2.05, 4.69) is 62.7 Å². The Morgan fingerprint density at radius 2 is 0.879 bits per heavy atom. The molecule has 0 spiro atoms. The summed E-state index contributed by atoms with van der Waals surface area (Å²) in [7, 11) is 3.08. The number of aryl methyl sites for hydroxylation is 3. The quantitative estimate of drug-likeness (QED) is 0.0130. The summed E-state index contributed by atoms with van der Waals surface area (Å²) in [5, 5.41) is 10.9. The number of aldehydes is 1. The van der Waals surface area contributed by atoms with Crippen molar-refractivity contribution in [2.45, 2.75) is 214 Å². The van der Waals surface area contributed by atoms with Crippen molar-refractivity contribution in [1.82, 2.24) is 67.7 Å². The number of rotatable bonds is 21. The van der Waals surface area contributed by atoms with Gasteiger partial charge in [0.05, 0.1) is 76.4 Å². The molecule has 0 bridgehead atoms. The van der Waals surface area contributed by atoms with Crippen molar-refractivity contribution < 1.29 is 90.9 Å². The zero-order chi connectivity index (χ0) is 105. The highest BCUT2D eigenvalue weighted by Crippen LogP contribution is 2.45. The molecule has 32 nitrogen and oxygen atoms in total. The Morgan fingerprint density at radius 1 is 0.525 bits per heavy atom. The summed E-state index contributed by atoms with van der Waals surface area (Å²) in [6.45, 7) is 29.8. The summed E-state index contributed by atoms with van der Waals surface area (Å²) in [6.07, 6.45) is 6.66. The van der Waals surface area contributed by atoms with Gasteiger partial charge in [-0.1, -0.05) is 117 Å². The lowest BCUT2D eigenvalue weighted by atomic mass is 9.68. The van der Waals surface area contributed by atoms with Crippen LogP contribution in [0.5, 0.6) is 0 Å². The fourth-order valence-electron chi connectivity index (χ4n) is 16.2. The van der Waals surface area contributed by atoms with Crippen LogP contribution in [0.3, 0.4) is 0 Å². The van der Waals surface area contributed by atoms with E-state index >= 15 is 0 Å². The van der Waals surface area contributed by atoms with Crippen molar-refractivity contribution in [3.8, 4) is 0 Å². The van der Waals surface area contributed by atoms with E-state index in [1.165, 1.54) is 116 Å². The van der Waals surface area contributed by atoms with E-state index in [0.717, 1.165) is 37.3 Å². The number of carbonyl (C=O) groups excluding carboxylic acids is 5. The lowest BCUT2D eigenvalue weighted by Gasteiger charge is -2.47. The molecule has 5 aliphatic rings. The predicted octanol–water partition coefficient (Wildman–Crippen LogP) is 18.2. The molecule has 2 aliphatic carbocycles. The number of esters is 2. The number of sulfonamides is 1. The number of hydrogen-bond donors (Lipinski definition) is 4. The van der Waals surface area contributed by atoms with Gasteiger partial charge in [-0.05, 0) is 132 Å². The second-order valence-corrected chi connectivity index (χ2v) is 40.7. The Kier molecular flexibility index (Phi) is 37.1. The van der Waals surface area contributed by atoms with Gasteiger partial charge in [0.25, 0.3) is 36.0 Å². The van der Waals surface area contributed by atoms with Gasteiger partial charge in [-0.25, -0.2) is 106 Å². The molecule has 0 unspecified atom stereocenters. The number of aromatic nitrogens is 11. The molecule has 2 saturated carbocycles. The van der Waals surface area contributed by atoms with Gasteiger partial charge in [-0.2, -0.15) is 0 Å². The second kappa shape index (κ2) is 46.6. The highest BCUT2D eigenvalue weighted by molar-refractivity contribution is 7.88. The SMILES string of the molecule is CCOC(=O)C=C1CCC1.CCOC(=O)CC1(C)CCC1.CNc1ncnc(Cl)c1C=O.C[C@@H](N)c1cccc(C(F)F)c1F.C[C@@H](Nc1ncnc2c1cc(C1(C)CN(C(=O)OC(C)(C)C)C1)c(=O)n2C)c1cccc(C(F)F)c1F.C[C@@H](Nc1ncnc2c1cc(C1(C)CN(S(C)(=O)=O)C1)c(=O)n2C)c1cccc(C(F)F)c1F.Cn1c(=O)c(C2(C)CN(C(=O)OC(C)(C)C)C2)cc2c(Cl)ncnc21. The molecular formula is C97H119Cl2F9N18O14S. The molecule has 2 amide bonds. The zero-order valence-corrected chi connectivity index (χ0v) is 84.4. The topological polar surface area (TPSA) is 397 Å². The molecule has 5 N–H and O–H groups in total. The van der Waals surface area contributed by atoms with Crippen molar-refractivity contribution in [1.29, 1.82) is 0 Å². The van der Waals surface area contributed by atoms with Crippen LogP contribution < -0.4 is 38.4 Å². The largest absolute Gasteiger partial charge is 0.466 e. The van der Waals surface area contributed by atoms with Crippen molar-refractivity contribution in [3.05, 3.63) is 224 Å². The summed E-state index contributed by atoms with van der Waals surface area (Å²) in [4.78, 5) is 132. The van der Waals surface area contributed by atoms with Crippen LogP contribution in [0.1, 0.15) is 247 Å². The third-order valence-electron chi connectivity index (χ3n) is 24.1. The van der Waals surface area contributed by atoms with Crippen LogP contribution >= 0.6 is 23.2 Å². The number of fused-ring (bicyclic) bond motifs is 3. The minimum absolute atomic E-state index is 0.0327. The fraction of sp³-hybridized carbons (Fsp3) is 0.485. The smallest absolute Gasteiger partial charge is 0.410 e. The monoisotopic (exact) mass is 2030 g/mol. The van der Waals surface area contributed by atoms with Gasteiger partial charge in [-0.3, -0.25) is 37.7 Å². The molecule has 764 valence electrons. The molecule has 3 aromatic carbocycles. The molecule has 0 radical (unpaired) electrons. The van der Waals surface area contributed by atoms with Crippen LogP contribution in [0.15, 0.2) is 124 Å². The Labute approximate surface area is 820 Å². The maximum absolute atomic E-state index is 14.7. The average Bonchev–Trinajstić information content (AvgIpc) is 0.736. The number of anilines is 3. The first-order valence-electron chi connectivity index (χ1n) is 45.1. The van der Waals surface area contributed by atoms with Gasteiger partial charge >= 0.3 is 24.1 Å². The number of ether oxygens (including phenoxy) is 4. The van der Waals surface area contributed by atoms with Crippen molar-refractivity contribution in [3.63, 3.8) is 0 Å². The van der Waals surface area contributed by atoms with Crippen molar-refractivity contribution in [2.24, 2.45) is 32.3 Å². The average molecular weight is 2040 g/mol. The minimum atomic E-state index is -3.38. The van der Waals surface area contributed by atoms with E-state index in [-0.39, 0.29) is 80.6 Å². The number of allylic oxidation sites excluding steroid dienone is 1. The number of likely N-dealkylation sites (tertiary alicyclic amines) is 2. The van der Waals surface area contributed by atoms with E-state index in [0.29, 0.717) is 124 Å². The Hall–Kier alpha value is -12.3. The lowest BCUT2D eigenvalue weighted by Crippen LogP contribution is -2.62. The van der Waals surface area contributed by atoms with E-state index < -0.39 is 115 Å². The number of nitrogens with one attached hydrogen (secondary N) is 3. The van der Waals surface area contributed by atoms with E-state index in [1.807, 2.05) is 55.4 Å². The molecule has 15 rings (SSSR count). The fourth-order valence-corrected chi connectivity index (χ4v) is 17.6. The molecule has 141 heavy (non-hydrogen) atoms. The highest BCUT2D eigenvalue weighted by atomic mass is 35.5. The summed E-state index contributed by atoms with van der Waals surface area (Å²) < 4.78 is 169. The summed E-state index contributed by atoms with van der Waals surface area (Å²) in [5.74, 6) is -2.03. The van der Waals surface area contributed by atoms with Crippen molar-refractivity contribution >= 4 is 114 Å². The Balaban J connectivity index is 0.000000195. The molecule has 5 fully saturated rings. The standard InChI is InChI=1S/C26H30F3N5O3.C22H24F3N5O3S.C17H21ClN4O3.C9H10F3N.C9H16O2.C8H12O2.C6H6ClN3O/c1-14(15-8-7-9-16(19(15)27)20(28)29)32-21-17-10-18(23(35)33(6)22(17)31-13-30-21)26(5)11-34(12-26)24(36)37-25(2,3)4;1-12(13-6-5-7-14(17(13)23)18(24)25)28-19-15-8-16(21(31)29(3)20(15)27-11-26-19)22(2)9-30(10-22)34(4,32)33;1-16(2,3)25-15(24)22-7-17(4,8-22)11-6-10-12(18)19-9-20-13(10)21(5)14(11)23;1-5(13)6-3-2-4-7(8(6)10)9(11)12;1-3-11-8(10)7-9(2)5-4-6-9;1-2-10-8(9)6-7-4-3-5-7;1-8-6-4(2-11)5(7)9-3-10-6/h7-10,13-14,20H,11-12H2,1-6H3,(H,30,31,32);5-8,11-12,18H,9-10H2,1-4H3,(H,26,27,28);6,9H,7-8H2,1-5H3;2-5,9H,13H2,1H3;3-7H2,1-2H3;6H,2-5H2,1H3;2-3H,1H3,(H,8,9,10)/t14-;12-;;5-;;;/m11.1.../s1. The number of halogens is 11. The Bertz CT molecular complexity index is 6550. The number of carbonyl (C=O) groups is 5. The predicted molar refractivity (Wildman–Crippen MR) is 518 cm³/mol. The highest BCUT2D eigenvalue weighted by Gasteiger charge is 2.49. The first kappa shape index (κ1) is 112. The van der Waals surface area contributed by atoms with Crippen LogP contribution in [0, 0.1) is 22.9 Å². The number of nitrogens with zero attached hydrogens (tertiary/aromatic N) is 14. The van der Waals surface area contributed by atoms with Gasteiger partial charge in [-0.15, -0.1) is 0 Å². The third-order valence-corrected chi connectivity index (χ3v) is 25.9. The number of hydrogen-bond acceptors (Lipinski definition) is 26. The van der Waals surface area contributed by atoms with E-state index in [4.69, 9.17) is 47.9 Å². The molecule has 3 atom stereocenters. The van der Waals surface area contributed by atoms with E-state index in [9.17, 15) is 86.3 Å². The number of nitrogens with two attached hydrogens (primary N) is 1. The van der Waals surface area contributed by atoms with Crippen LogP contribution in [0.4, 0.5) is 66.6 Å². The van der Waals surface area contributed by atoms with Crippen LogP contribution in [0.2, 0.25) is 10.3 Å². The van der Waals surface area contributed by atoms with Crippen molar-refractivity contribution in [2.75, 3.05) is 81.7 Å². The first-order chi connectivity index (χ1) is 65.9. The summed E-state index contributed by atoms with van der Waals surface area (Å²) >= 11 is 11.8. The normalized spacial score (nSPS) is 16.0. The molecular weight excluding hydrogens is 1920 g/mol. The molecule has 7 aromatic heterocycles. The van der Waals surface area contributed by atoms with Crippen LogP contribution in [-0.2, 0) is 75.9 Å². The van der Waals surface area contributed by atoms with Gasteiger partial charge in [0.1, 0.15) is 98.7 Å². The number of alkyl halides is 6. The summed E-state index contributed by atoms with van der Waals surface area (Å²) in [5.41, 5.74) is 4.43. The lowest BCUT2D eigenvalue weighted by molar-refractivity contribution is -0.147. The maximum Gasteiger partial charge on any atom is 0.410 e. The minimum Gasteiger partial charge on any atom is -0.466 e. The third kappa shape index (κ3) is 27.5. The molecule has 3 aliphatic heterocycles.